The number of nitrogens with zero attached hydrogens (tertiary/aromatic N) is 1. The van der Waals surface area contributed by atoms with Crippen molar-refractivity contribution < 1.29 is 9.84 Å². The fraction of sp³-hybridized carbons (Fsp3) is 1.00. The smallest absolute Gasteiger partial charge is 0.0826 e. The lowest BCUT2D eigenvalue weighted by atomic mass is 10.0. The maximum Gasteiger partial charge on any atom is 0.0826 e. The Labute approximate surface area is 98.0 Å². The first kappa shape index (κ1) is 12.3. The first-order valence-corrected chi connectivity index (χ1v) is 6.41. The molecule has 1 unspecified atom stereocenters. The Balaban J connectivity index is 1.63. The maximum absolute atomic E-state index is 10.2. The van der Waals surface area contributed by atoms with Crippen LogP contribution < -0.4 is 5.32 Å². The lowest BCUT2D eigenvalue weighted by molar-refractivity contribution is -0.0224. The second-order valence-corrected chi connectivity index (χ2v) is 5.32. The average molecular weight is 228 g/mol. The average Bonchev–Trinajstić information content (AvgIpc) is 2.65. The molecule has 2 rings (SSSR count). The molecule has 0 aromatic heterocycles. The van der Waals surface area contributed by atoms with Crippen molar-refractivity contribution in [1.82, 2.24) is 10.2 Å². The molecule has 1 saturated carbocycles. The molecular formula is C12H24N2O2. The number of morpholine rings is 1. The summed E-state index contributed by atoms with van der Waals surface area (Å²) < 4.78 is 5.66. The summed E-state index contributed by atoms with van der Waals surface area (Å²) in [6.07, 6.45) is 4.52. The highest BCUT2D eigenvalue weighted by Crippen LogP contribution is 2.28. The summed E-state index contributed by atoms with van der Waals surface area (Å²) in [6, 6.07) is 0. The Hall–Kier alpha value is -0.160. The van der Waals surface area contributed by atoms with Gasteiger partial charge in [0.1, 0.15) is 0 Å². The van der Waals surface area contributed by atoms with Crippen LogP contribution in [0.1, 0.15) is 25.7 Å². The van der Waals surface area contributed by atoms with Crippen LogP contribution in [0.15, 0.2) is 0 Å². The molecule has 94 valence electrons. The van der Waals surface area contributed by atoms with Gasteiger partial charge in [0.2, 0.25) is 0 Å². The molecule has 0 aromatic rings. The molecule has 0 radical (unpaired) electrons. The Morgan fingerprint density at radius 1 is 1.44 bits per heavy atom. The second kappa shape index (κ2) is 5.45. The zero-order valence-corrected chi connectivity index (χ0v) is 10.2. The van der Waals surface area contributed by atoms with Crippen molar-refractivity contribution in [2.75, 3.05) is 39.8 Å². The monoisotopic (exact) mass is 228 g/mol. The van der Waals surface area contributed by atoms with E-state index in [4.69, 9.17) is 4.74 Å². The lowest BCUT2D eigenvalue weighted by Crippen LogP contribution is -2.47. The molecule has 1 heterocycles. The molecule has 16 heavy (non-hydrogen) atoms. The SMILES string of the molecule is CN1CCOC(CNCC2(O)CCCC2)C1. The summed E-state index contributed by atoms with van der Waals surface area (Å²) in [5, 5.41) is 13.5. The van der Waals surface area contributed by atoms with E-state index >= 15 is 0 Å². The van der Waals surface area contributed by atoms with Gasteiger partial charge in [-0.3, -0.25) is 0 Å². The van der Waals surface area contributed by atoms with Gasteiger partial charge in [0.15, 0.2) is 0 Å². The minimum atomic E-state index is -0.444. The molecule has 2 N–H and O–H groups in total. The van der Waals surface area contributed by atoms with Crippen molar-refractivity contribution in [2.24, 2.45) is 0 Å². The summed E-state index contributed by atoms with van der Waals surface area (Å²) in [5.74, 6) is 0. The molecule has 2 aliphatic rings. The fourth-order valence-corrected chi connectivity index (χ4v) is 2.67. The Morgan fingerprint density at radius 2 is 2.19 bits per heavy atom. The highest BCUT2D eigenvalue weighted by Gasteiger charge is 2.30. The van der Waals surface area contributed by atoms with Crippen LogP contribution in [0.25, 0.3) is 0 Å². The van der Waals surface area contributed by atoms with Gasteiger partial charge in [-0.15, -0.1) is 0 Å². The van der Waals surface area contributed by atoms with E-state index in [0.29, 0.717) is 0 Å². The summed E-state index contributed by atoms with van der Waals surface area (Å²) in [6.45, 7) is 4.42. The third-order valence-corrected chi connectivity index (χ3v) is 3.70. The predicted molar refractivity (Wildman–Crippen MR) is 63.5 cm³/mol. The number of rotatable bonds is 4. The number of hydrogen-bond acceptors (Lipinski definition) is 4. The van der Waals surface area contributed by atoms with E-state index in [9.17, 15) is 5.11 Å². The Bertz CT molecular complexity index is 217. The van der Waals surface area contributed by atoms with Crippen molar-refractivity contribution in [3.8, 4) is 0 Å². The van der Waals surface area contributed by atoms with Gasteiger partial charge in [-0.25, -0.2) is 0 Å². The van der Waals surface area contributed by atoms with Gasteiger partial charge in [0.05, 0.1) is 18.3 Å². The molecule has 1 aliphatic heterocycles. The first-order chi connectivity index (χ1) is 7.68. The van der Waals surface area contributed by atoms with E-state index in [1.807, 2.05) is 0 Å². The third-order valence-electron chi connectivity index (χ3n) is 3.70. The molecule has 1 saturated heterocycles. The van der Waals surface area contributed by atoms with Gasteiger partial charge >= 0.3 is 0 Å². The van der Waals surface area contributed by atoms with E-state index < -0.39 is 5.60 Å². The zero-order chi connectivity index (χ0) is 11.4. The molecule has 0 aromatic carbocycles. The van der Waals surface area contributed by atoms with Crippen molar-refractivity contribution >= 4 is 0 Å². The second-order valence-electron chi connectivity index (χ2n) is 5.32. The summed E-state index contributed by atoms with van der Waals surface area (Å²) >= 11 is 0. The molecule has 0 bridgehead atoms. The molecule has 1 aliphatic carbocycles. The Kier molecular flexibility index (Phi) is 4.19. The molecule has 0 spiro atoms. The summed E-state index contributed by atoms with van der Waals surface area (Å²) in [4.78, 5) is 2.29. The van der Waals surface area contributed by atoms with Crippen LogP contribution in [0, 0.1) is 0 Å². The van der Waals surface area contributed by atoms with E-state index in [1.165, 1.54) is 12.8 Å². The minimum Gasteiger partial charge on any atom is -0.389 e. The van der Waals surface area contributed by atoms with Crippen LogP contribution in [-0.4, -0.2) is 61.5 Å². The number of hydrogen-bond donors (Lipinski definition) is 2. The molecular weight excluding hydrogens is 204 g/mol. The van der Waals surface area contributed by atoms with Gasteiger partial charge in [0.25, 0.3) is 0 Å². The predicted octanol–water partition coefficient (Wildman–Crippen LogP) is 0.212. The normalized spacial score (nSPS) is 30.8. The van der Waals surface area contributed by atoms with Crippen molar-refractivity contribution in [3.05, 3.63) is 0 Å². The number of aliphatic hydroxyl groups is 1. The van der Waals surface area contributed by atoms with Gasteiger partial charge in [0, 0.05) is 26.2 Å². The van der Waals surface area contributed by atoms with Crippen LogP contribution in [-0.2, 0) is 4.74 Å². The lowest BCUT2D eigenvalue weighted by Gasteiger charge is -2.31. The van der Waals surface area contributed by atoms with E-state index in [1.54, 1.807) is 0 Å². The van der Waals surface area contributed by atoms with Crippen molar-refractivity contribution in [3.63, 3.8) is 0 Å². The summed E-state index contributed by atoms with van der Waals surface area (Å²) in [5.41, 5.74) is -0.444. The number of ether oxygens (including phenoxy) is 1. The van der Waals surface area contributed by atoms with Gasteiger partial charge in [-0.2, -0.15) is 0 Å². The largest absolute Gasteiger partial charge is 0.389 e. The molecule has 4 heteroatoms. The zero-order valence-electron chi connectivity index (χ0n) is 10.2. The van der Waals surface area contributed by atoms with Crippen LogP contribution in [0.4, 0.5) is 0 Å². The maximum atomic E-state index is 10.2. The highest BCUT2D eigenvalue weighted by molar-refractivity contribution is 4.86. The fourth-order valence-electron chi connectivity index (χ4n) is 2.67. The quantitative estimate of drug-likeness (QED) is 0.722. The van der Waals surface area contributed by atoms with Gasteiger partial charge in [-0.05, 0) is 19.9 Å². The van der Waals surface area contributed by atoms with Crippen LogP contribution >= 0.6 is 0 Å². The van der Waals surface area contributed by atoms with Crippen LogP contribution in [0.5, 0.6) is 0 Å². The van der Waals surface area contributed by atoms with Gasteiger partial charge < -0.3 is 20.1 Å². The molecule has 1 atom stereocenters. The number of nitrogens with one attached hydrogen (secondary N) is 1. The molecule has 4 nitrogen and oxygen atoms in total. The van der Waals surface area contributed by atoms with E-state index in [2.05, 4.69) is 17.3 Å². The third kappa shape index (κ3) is 3.42. The van der Waals surface area contributed by atoms with E-state index in [0.717, 1.165) is 45.6 Å². The Morgan fingerprint density at radius 3 is 2.88 bits per heavy atom. The van der Waals surface area contributed by atoms with Gasteiger partial charge in [-0.1, -0.05) is 12.8 Å². The molecule has 2 fully saturated rings. The molecule has 0 amide bonds. The standard InChI is InChI=1S/C12H24N2O2/c1-14-6-7-16-11(9-14)8-13-10-12(15)4-2-3-5-12/h11,13,15H,2-10H2,1H3. The van der Waals surface area contributed by atoms with E-state index in [-0.39, 0.29) is 6.10 Å². The topological polar surface area (TPSA) is 44.7 Å². The first-order valence-electron chi connectivity index (χ1n) is 6.41. The van der Waals surface area contributed by atoms with Crippen LogP contribution in [0.3, 0.4) is 0 Å². The minimum absolute atomic E-state index is 0.281. The number of likely N-dealkylation sites (N-methyl/N-ethyl adjacent to an activating group) is 1. The van der Waals surface area contributed by atoms with Crippen molar-refractivity contribution in [2.45, 2.75) is 37.4 Å². The van der Waals surface area contributed by atoms with Crippen LogP contribution in [0.2, 0.25) is 0 Å². The highest BCUT2D eigenvalue weighted by atomic mass is 16.5. The summed E-state index contributed by atoms with van der Waals surface area (Å²) in [7, 11) is 2.13. The van der Waals surface area contributed by atoms with Crippen molar-refractivity contribution in [1.29, 1.82) is 0 Å².